The standard InChI is InChI=1S/C26H26FN5O2S/c27-17-4-6-20(7-5-17)32-12-9-21-22(2-1-3-23(21)32)25(33)31-15-19(16-31)29-18-8-11-30(14-18)26(34)24-28-10-13-35-24/h1-7,10,13,18-19,29H,8-9,11-12,14-16H2. The first-order valence-corrected chi connectivity index (χ1v) is 12.8. The Balaban J connectivity index is 1.06. The lowest BCUT2D eigenvalue weighted by Crippen LogP contribution is -2.62. The van der Waals surface area contributed by atoms with Gasteiger partial charge in [-0.3, -0.25) is 9.59 Å². The van der Waals surface area contributed by atoms with Gasteiger partial charge in [0.2, 0.25) is 0 Å². The Morgan fingerprint density at radius 1 is 0.971 bits per heavy atom. The Kier molecular flexibility index (Phi) is 5.74. The SMILES string of the molecule is O=C(c1nccs1)N1CCC(NC2CN(C(=O)c3cccc4c3CCN4c3ccc(F)cc3)C2)C1. The molecule has 0 saturated carbocycles. The summed E-state index contributed by atoms with van der Waals surface area (Å²) < 4.78 is 13.4. The molecule has 35 heavy (non-hydrogen) atoms. The van der Waals surface area contributed by atoms with Crippen molar-refractivity contribution < 1.29 is 14.0 Å². The third kappa shape index (κ3) is 4.19. The molecule has 180 valence electrons. The van der Waals surface area contributed by atoms with Crippen molar-refractivity contribution >= 4 is 34.5 Å². The molecule has 3 aliphatic heterocycles. The van der Waals surface area contributed by atoms with Gasteiger partial charge < -0.3 is 20.0 Å². The number of nitrogens with zero attached hydrogens (tertiary/aromatic N) is 4. The minimum Gasteiger partial charge on any atom is -0.341 e. The largest absolute Gasteiger partial charge is 0.341 e. The number of carbonyl (C=O) groups excluding carboxylic acids is 2. The van der Waals surface area contributed by atoms with Crippen LogP contribution in [0.25, 0.3) is 0 Å². The Morgan fingerprint density at radius 3 is 2.54 bits per heavy atom. The highest BCUT2D eigenvalue weighted by molar-refractivity contribution is 7.11. The van der Waals surface area contributed by atoms with Crippen molar-refractivity contribution in [3.8, 4) is 0 Å². The van der Waals surface area contributed by atoms with Gasteiger partial charge in [-0.15, -0.1) is 11.3 Å². The van der Waals surface area contributed by atoms with Gasteiger partial charge in [0.15, 0.2) is 5.01 Å². The van der Waals surface area contributed by atoms with E-state index in [0.717, 1.165) is 48.4 Å². The fraction of sp³-hybridized carbons (Fsp3) is 0.346. The first kappa shape index (κ1) is 22.2. The summed E-state index contributed by atoms with van der Waals surface area (Å²) in [4.78, 5) is 35.8. The molecule has 9 heteroatoms. The molecule has 1 N–H and O–H groups in total. The van der Waals surface area contributed by atoms with E-state index in [1.165, 1.54) is 23.5 Å². The highest BCUT2D eigenvalue weighted by Gasteiger charge is 2.37. The van der Waals surface area contributed by atoms with Crippen LogP contribution >= 0.6 is 11.3 Å². The number of hydrogen-bond acceptors (Lipinski definition) is 6. The molecule has 1 atom stereocenters. The van der Waals surface area contributed by atoms with E-state index in [0.29, 0.717) is 24.6 Å². The van der Waals surface area contributed by atoms with Crippen molar-refractivity contribution in [3.05, 3.63) is 76.0 Å². The zero-order valence-electron chi connectivity index (χ0n) is 19.2. The molecule has 2 saturated heterocycles. The summed E-state index contributed by atoms with van der Waals surface area (Å²) >= 11 is 1.37. The van der Waals surface area contributed by atoms with Crippen LogP contribution in [-0.2, 0) is 6.42 Å². The lowest BCUT2D eigenvalue weighted by Gasteiger charge is -2.41. The van der Waals surface area contributed by atoms with Gasteiger partial charge in [-0.05, 0) is 54.8 Å². The minimum atomic E-state index is -0.255. The number of halogens is 1. The Bertz CT molecular complexity index is 1240. The highest BCUT2D eigenvalue weighted by atomic mass is 32.1. The van der Waals surface area contributed by atoms with Crippen molar-refractivity contribution in [2.45, 2.75) is 24.9 Å². The maximum Gasteiger partial charge on any atom is 0.282 e. The molecule has 7 nitrogen and oxygen atoms in total. The molecule has 6 rings (SSSR count). The number of thiazole rings is 1. The lowest BCUT2D eigenvalue weighted by molar-refractivity contribution is 0.0552. The molecular formula is C26H26FN5O2S. The molecule has 3 aliphatic rings. The van der Waals surface area contributed by atoms with Gasteiger partial charge >= 0.3 is 0 Å². The minimum absolute atomic E-state index is 0.00216. The topological polar surface area (TPSA) is 68.8 Å². The number of amides is 2. The van der Waals surface area contributed by atoms with E-state index >= 15 is 0 Å². The van der Waals surface area contributed by atoms with Crippen LogP contribution < -0.4 is 10.2 Å². The maximum absolute atomic E-state index is 13.4. The molecule has 1 aromatic heterocycles. The van der Waals surface area contributed by atoms with Crippen LogP contribution in [0.15, 0.2) is 54.0 Å². The summed E-state index contributed by atoms with van der Waals surface area (Å²) in [6, 6.07) is 12.8. The predicted molar refractivity (Wildman–Crippen MR) is 133 cm³/mol. The number of carbonyl (C=O) groups is 2. The fourth-order valence-corrected chi connectivity index (χ4v) is 5.92. The first-order valence-electron chi connectivity index (χ1n) is 12.0. The lowest BCUT2D eigenvalue weighted by atomic mass is 10.00. The van der Waals surface area contributed by atoms with Crippen molar-refractivity contribution in [2.75, 3.05) is 37.6 Å². The molecule has 2 fully saturated rings. The Hall–Kier alpha value is -3.30. The quantitative estimate of drug-likeness (QED) is 0.593. The number of rotatable bonds is 5. The average molecular weight is 492 g/mol. The number of nitrogens with one attached hydrogen (secondary N) is 1. The summed E-state index contributed by atoms with van der Waals surface area (Å²) in [6.45, 7) is 3.51. The number of aromatic nitrogens is 1. The third-order valence-corrected chi connectivity index (χ3v) is 7.89. The zero-order chi connectivity index (χ0) is 23.9. The van der Waals surface area contributed by atoms with Gasteiger partial charge in [-0.1, -0.05) is 6.07 Å². The van der Waals surface area contributed by atoms with Crippen LogP contribution in [0, 0.1) is 5.82 Å². The first-order chi connectivity index (χ1) is 17.1. The molecular weight excluding hydrogens is 465 g/mol. The Morgan fingerprint density at radius 2 is 1.77 bits per heavy atom. The van der Waals surface area contributed by atoms with Crippen LogP contribution in [0.5, 0.6) is 0 Å². The molecule has 0 spiro atoms. The molecule has 2 aromatic carbocycles. The van der Waals surface area contributed by atoms with E-state index in [9.17, 15) is 14.0 Å². The van der Waals surface area contributed by atoms with Crippen LogP contribution in [-0.4, -0.2) is 71.4 Å². The van der Waals surface area contributed by atoms with Gasteiger partial charge in [0.05, 0.1) is 0 Å². The van der Waals surface area contributed by atoms with Crippen molar-refractivity contribution in [3.63, 3.8) is 0 Å². The average Bonchev–Trinajstić information content (AvgIpc) is 3.61. The number of likely N-dealkylation sites (tertiary alicyclic amines) is 2. The molecule has 1 unspecified atom stereocenters. The maximum atomic E-state index is 13.4. The number of benzene rings is 2. The van der Waals surface area contributed by atoms with Crippen molar-refractivity contribution in [2.24, 2.45) is 0 Å². The molecule has 0 radical (unpaired) electrons. The van der Waals surface area contributed by atoms with Crippen molar-refractivity contribution in [1.82, 2.24) is 20.1 Å². The van der Waals surface area contributed by atoms with Crippen molar-refractivity contribution in [1.29, 1.82) is 0 Å². The highest BCUT2D eigenvalue weighted by Crippen LogP contribution is 2.37. The summed E-state index contributed by atoms with van der Waals surface area (Å²) in [5.41, 5.74) is 3.77. The number of hydrogen-bond donors (Lipinski definition) is 1. The third-order valence-electron chi connectivity index (χ3n) is 7.13. The summed E-state index contributed by atoms with van der Waals surface area (Å²) in [6.07, 6.45) is 3.36. The van der Waals surface area contributed by atoms with Gasteiger partial charge in [-0.2, -0.15) is 0 Å². The Labute approximate surface area is 207 Å². The number of anilines is 2. The van der Waals surface area contributed by atoms with E-state index in [1.807, 2.05) is 33.4 Å². The van der Waals surface area contributed by atoms with E-state index in [4.69, 9.17) is 0 Å². The van der Waals surface area contributed by atoms with Gasteiger partial charge in [-0.25, -0.2) is 9.37 Å². The molecule has 0 aliphatic carbocycles. The number of fused-ring (bicyclic) bond motifs is 1. The molecule has 0 bridgehead atoms. The predicted octanol–water partition coefficient (Wildman–Crippen LogP) is 3.31. The van der Waals surface area contributed by atoms with Gasteiger partial charge in [0.1, 0.15) is 5.82 Å². The summed E-state index contributed by atoms with van der Waals surface area (Å²) in [5.74, 6) is -0.190. The normalized spacial score (nSPS) is 19.7. The monoisotopic (exact) mass is 491 g/mol. The smallest absolute Gasteiger partial charge is 0.282 e. The second-order valence-electron chi connectivity index (χ2n) is 9.33. The van der Waals surface area contributed by atoms with Crippen LogP contribution in [0.3, 0.4) is 0 Å². The second-order valence-corrected chi connectivity index (χ2v) is 10.2. The van der Waals surface area contributed by atoms with Crippen LogP contribution in [0.2, 0.25) is 0 Å². The van der Waals surface area contributed by atoms with Crippen LogP contribution in [0.4, 0.5) is 15.8 Å². The fourth-order valence-electron chi connectivity index (χ4n) is 5.32. The summed E-state index contributed by atoms with van der Waals surface area (Å²) in [7, 11) is 0. The molecule has 3 aromatic rings. The summed E-state index contributed by atoms with van der Waals surface area (Å²) in [5, 5.41) is 5.99. The van der Waals surface area contributed by atoms with Crippen LogP contribution in [0.1, 0.15) is 32.1 Å². The van der Waals surface area contributed by atoms with E-state index < -0.39 is 0 Å². The molecule has 4 heterocycles. The zero-order valence-corrected chi connectivity index (χ0v) is 20.0. The second kappa shape index (κ2) is 9.05. The van der Waals surface area contributed by atoms with Gasteiger partial charge in [0, 0.05) is 73.3 Å². The van der Waals surface area contributed by atoms with E-state index in [1.54, 1.807) is 18.3 Å². The van der Waals surface area contributed by atoms with Gasteiger partial charge in [0.25, 0.3) is 11.8 Å². The van der Waals surface area contributed by atoms with E-state index in [-0.39, 0.29) is 29.7 Å². The van der Waals surface area contributed by atoms with E-state index in [2.05, 4.69) is 15.2 Å². The molecule has 2 amide bonds.